The van der Waals surface area contributed by atoms with Crippen LogP contribution in [0.3, 0.4) is 0 Å². The van der Waals surface area contributed by atoms with E-state index in [1.165, 1.54) is 19.4 Å². The SMILES string of the molecule is OC1(c2cnc3ccccc3c2)CCN2CCCC2C1. The Hall–Kier alpha value is -1.45. The van der Waals surface area contributed by atoms with Crippen molar-refractivity contribution >= 4 is 10.9 Å². The van der Waals surface area contributed by atoms with E-state index in [4.69, 9.17) is 0 Å². The first kappa shape index (κ1) is 12.3. The molecule has 0 spiro atoms. The Morgan fingerprint density at radius 3 is 3.10 bits per heavy atom. The highest BCUT2D eigenvalue weighted by atomic mass is 16.3. The molecule has 3 heteroatoms. The molecule has 2 atom stereocenters. The van der Waals surface area contributed by atoms with Crippen molar-refractivity contribution in [3.05, 3.63) is 42.1 Å². The lowest BCUT2D eigenvalue weighted by atomic mass is 9.81. The van der Waals surface area contributed by atoms with Gasteiger partial charge in [-0.05, 0) is 44.4 Å². The minimum absolute atomic E-state index is 0.556. The molecule has 3 heterocycles. The number of rotatable bonds is 1. The second-order valence-electron chi connectivity index (χ2n) is 6.23. The van der Waals surface area contributed by atoms with Crippen LogP contribution in [-0.2, 0) is 5.60 Å². The number of aliphatic hydroxyl groups is 1. The summed E-state index contributed by atoms with van der Waals surface area (Å²) in [6.45, 7) is 2.21. The molecule has 1 aromatic heterocycles. The Morgan fingerprint density at radius 2 is 2.15 bits per heavy atom. The molecular formula is C17H20N2O. The van der Waals surface area contributed by atoms with Gasteiger partial charge in [-0.1, -0.05) is 18.2 Å². The summed E-state index contributed by atoms with van der Waals surface area (Å²) in [6.07, 6.45) is 6.05. The maximum atomic E-state index is 11.1. The summed E-state index contributed by atoms with van der Waals surface area (Å²) in [6, 6.07) is 10.8. The summed E-state index contributed by atoms with van der Waals surface area (Å²) in [7, 11) is 0. The smallest absolute Gasteiger partial charge is 0.0938 e. The molecule has 2 aliphatic heterocycles. The van der Waals surface area contributed by atoms with E-state index >= 15 is 0 Å². The molecule has 1 aromatic carbocycles. The zero-order valence-corrected chi connectivity index (χ0v) is 11.6. The van der Waals surface area contributed by atoms with Crippen LogP contribution in [0.1, 0.15) is 31.2 Å². The van der Waals surface area contributed by atoms with Crippen LogP contribution in [0.5, 0.6) is 0 Å². The minimum atomic E-state index is -0.692. The lowest BCUT2D eigenvalue weighted by molar-refractivity contribution is -0.0410. The maximum absolute atomic E-state index is 11.1. The van der Waals surface area contributed by atoms with Crippen LogP contribution >= 0.6 is 0 Å². The molecule has 2 unspecified atom stereocenters. The molecule has 0 aliphatic carbocycles. The fourth-order valence-electron chi connectivity index (χ4n) is 3.83. The first-order valence-electron chi connectivity index (χ1n) is 7.56. The largest absolute Gasteiger partial charge is 0.385 e. The van der Waals surface area contributed by atoms with Gasteiger partial charge in [0.05, 0.1) is 11.1 Å². The van der Waals surface area contributed by atoms with Crippen LogP contribution in [0, 0.1) is 0 Å². The van der Waals surface area contributed by atoms with E-state index < -0.39 is 5.60 Å². The predicted octanol–water partition coefficient (Wildman–Crippen LogP) is 2.68. The summed E-state index contributed by atoms with van der Waals surface area (Å²) in [5.41, 5.74) is 1.30. The molecule has 2 fully saturated rings. The van der Waals surface area contributed by atoms with Crippen LogP contribution in [-0.4, -0.2) is 34.1 Å². The molecule has 0 radical (unpaired) electrons. The predicted molar refractivity (Wildman–Crippen MR) is 79.5 cm³/mol. The Morgan fingerprint density at radius 1 is 1.25 bits per heavy atom. The third kappa shape index (κ3) is 1.93. The number of fused-ring (bicyclic) bond motifs is 2. The van der Waals surface area contributed by atoms with Gasteiger partial charge >= 0.3 is 0 Å². The van der Waals surface area contributed by atoms with Gasteiger partial charge in [0, 0.05) is 29.7 Å². The first-order chi connectivity index (χ1) is 9.74. The molecule has 0 bridgehead atoms. The van der Waals surface area contributed by atoms with Crippen LogP contribution in [0.25, 0.3) is 10.9 Å². The average molecular weight is 268 g/mol. The highest BCUT2D eigenvalue weighted by molar-refractivity contribution is 5.78. The molecule has 0 saturated carbocycles. The third-order valence-electron chi connectivity index (χ3n) is 5.01. The van der Waals surface area contributed by atoms with Crippen LogP contribution in [0.15, 0.2) is 36.5 Å². The molecule has 2 aliphatic rings. The van der Waals surface area contributed by atoms with E-state index in [0.29, 0.717) is 6.04 Å². The average Bonchev–Trinajstić information content (AvgIpc) is 2.94. The van der Waals surface area contributed by atoms with Crippen molar-refractivity contribution in [1.29, 1.82) is 0 Å². The van der Waals surface area contributed by atoms with Crippen molar-refractivity contribution in [2.75, 3.05) is 13.1 Å². The summed E-state index contributed by atoms with van der Waals surface area (Å²) >= 11 is 0. The number of piperidine rings is 1. The van der Waals surface area contributed by atoms with Crippen LogP contribution < -0.4 is 0 Å². The second-order valence-corrected chi connectivity index (χ2v) is 6.23. The molecule has 2 saturated heterocycles. The van der Waals surface area contributed by atoms with Crippen molar-refractivity contribution in [2.45, 2.75) is 37.3 Å². The first-order valence-corrected chi connectivity index (χ1v) is 7.56. The lowest BCUT2D eigenvalue weighted by Crippen LogP contribution is -2.46. The third-order valence-corrected chi connectivity index (χ3v) is 5.01. The number of benzene rings is 1. The topological polar surface area (TPSA) is 36.4 Å². The van der Waals surface area contributed by atoms with Gasteiger partial charge < -0.3 is 10.0 Å². The van der Waals surface area contributed by atoms with Gasteiger partial charge in [-0.15, -0.1) is 0 Å². The van der Waals surface area contributed by atoms with Crippen molar-refractivity contribution < 1.29 is 5.11 Å². The van der Waals surface area contributed by atoms with E-state index in [2.05, 4.69) is 22.0 Å². The number of hydrogen-bond acceptors (Lipinski definition) is 3. The fraction of sp³-hybridized carbons (Fsp3) is 0.471. The molecule has 2 aromatic rings. The zero-order valence-electron chi connectivity index (χ0n) is 11.6. The van der Waals surface area contributed by atoms with Crippen molar-refractivity contribution in [3.8, 4) is 0 Å². The summed E-state index contributed by atoms with van der Waals surface area (Å²) in [5, 5.41) is 12.2. The second kappa shape index (κ2) is 4.54. The maximum Gasteiger partial charge on any atom is 0.0938 e. The van der Waals surface area contributed by atoms with Crippen molar-refractivity contribution in [2.24, 2.45) is 0 Å². The monoisotopic (exact) mass is 268 g/mol. The Kier molecular flexibility index (Phi) is 2.79. The summed E-state index contributed by atoms with van der Waals surface area (Å²) in [5.74, 6) is 0. The number of hydrogen-bond donors (Lipinski definition) is 1. The normalized spacial score (nSPS) is 30.6. The summed E-state index contributed by atoms with van der Waals surface area (Å²) in [4.78, 5) is 7.04. The van der Waals surface area contributed by atoms with Gasteiger partial charge in [-0.3, -0.25) is 4.98 Å². The highest BCUT2D eigenvalue weighted by Crippen LogP contribution is 2.39. The Labute approximate surface area is 119 Å². The van der Waals surface area contributed by atoms with Gasteiger partial charge in [0.25, 0.3) is 0 Å². The van der Waals surface area contributed by atoms with E-state index in [1.807, 2.05) is 24.4 Å². The Balaban J connectivity index is 1.70. The molecule has 20 heavy (non-hydrogen) atoms. The highest BCUT2D eigenvalue weighted by Gasteiger charge is 2.41. The van der Waals surface area contributed by atoms with Crippen LogP contribution in [0.2, 0.25) is 0 Å². The molecule has 0 amide bonds. The van der Waals surface area contributed by atoms with E-state index in [-0.39, 0.29) is 0 Å². The van der Waals surface area contributed by atoms with Gasteiger partial charge in [0.1, 0.15) is 0 Å². The lowest BCUT2D eigenvalue weighted by Gasteiger charge is -2.41. The van der Waals surface area contributed by atoms with Gasteiger partial charge in [0.2, 0.25) is 0 Å². The molecule has 3 nitrogen and oxygen atoms in total. The zero-order chi connectivity index (χ0) is 13.6. The number of pyridine rings is 1. The summed E-state index contributed by atoms with van der Waals surface area (Å²) < 4.78 is 0. The van der Waals surface area contributed by atoms with Crippen molar-refractivity contribution in [1.82, 2.24) is 9.88 Å². The Bertz CT molecular complexity index is 642. The molecule has 1 N–H and O–H groups in total. The minimum Gasteiger partial charge on any atom is -0.385 e. The van der Waals surface area contributed by atoms with E-state index in [9.17, 15) is 5.11 Å². The van der Waals surface area contributed by atoms with Crippen LogP contribution in [0.4, 0.5) is 0 Å². The number of para-hydroxylation sites is 1. The quantitative estimate of drug-likeness (QED) is 0.864. The number of nitrogens with zero attached hydrogens (tertiary/aromatic N) is 2. The molecule has 104 valence electrons. The van der Waals surface area contributed by atoms with E-state index in [1.54, 1.807) is 0 Å². The molecule has 4 rings (SSSR count). The standard InChI is InChI=1S/C17H20N2O/c20-17(7-9-19-8-3-5-15(19)11-17)14-10-13-4-1-2-6-16(13)18-12-14/h1-2,4,6,10,12,15,20H,3,5,7-9,11H2. The molecular weight excluding hydrogens is 248 g/mol. The van der Waals surface area contributed by atoms with E-state index in [0.717, 1.165) is 35.9 Å². The van der Waals surface area contributed by atoms with Gasteiger partial charge in [-0.25, -0.2) is 0 Å². The van der Waals surface area contributed by atoms with Gasteiger partial charge in [0.15, 0.2) is 0 Å². The van der Waals surface area contributed by atoms with Gasteiger partial charge in [-0.2, -0.15) is 0 Å². The number of aromatic nitrogens is 1. The fourth-order valence-corrected chi connectivity index (χ4v) is 3.83. The van der Waals surface area contributed by atoms with Crippen molar-refractivity contribution in [3.63, 3.8) is 0 Å².